The van der Waals surface area contributed by atoms with Gasteiger partial charge in [-0.1, -0.05) is 0 Å². The zero-order valence-electron chi connectivity index (χ0n) is 19.4. The van der Waals surface area contributed by atoms with Crippen LogP contribution in [0.3, 0.4) is 0 Å². The number of unbranched alkanes of at least 4 members (excludes halogenated alkanes) is 2. The number of carbonyl (C=O) groups is 5. The van der Waals surface area contributed by atoms with Crippen LogP contribution in [0.1, 0.15) is 57.8 Å². The van der Waals surface area contributed by atoms with Gasteiger partial charge in [-0.25, -0.2) is 4.79 Å². The topological polar surface area (TPSA) is 226 Å². The molecule has 1 aliphatic heterocycles. The first-order valence-electron chi connectivity index (χ1n) is 11.7. The molecule has 0 aromatic rings. The molecule has 0 spiro atoms. The molecular formula is C21H38N6O7. The van der Waals surface area contributed by atoms with Crippen molar-refractivity contribution < 1.29 is 34.2 Å². The van der Waals surface area contributed by atoms with Gasteiger partial charge < -0.3 is 42.9 Å². The molecule has 1 aliphatic rings. The lowest BCUT2D eigenvalue weighted by molar-refractivity contribution is -0.147. The van der Waals surface area contributed by atoms with Gasteiger partial charge in [0.1, 0.15) is 18.1 Å². The van der Waals surface area contributed by atoms with Crippen LogP contribution >= 0.6 is 0 Å². The fourth-order valence-electron chi connectivity index (χ4n) is 3.62. The average molecular weight is 487 g/mol. The number of rotatable bonds is 17. The van der Waals surface area contributed by atoms with Crippen LogP contribution in [-0.4, -0.2) is 83.7 Å². The number of amides is 3. The summed E-state index contributed by atoms with van der Waals surface area (Å²) in [6.07, 6.45) is 3.46. The molecule has 34 heavy (non-hydrogen) atoms. The summed E-state index contributed by atoms with van der Waals surface area (Å²) >= 11 is 0. The quantitative estimate of drug-likeness (QED) is 0.106. The molecule has 0 saturated carbocycles. The van der Waals surface area contributed by atoms with E-state index in [4.69, 9.17) is 16.6 Å². The molecule has 1 saturated heterocycles. The molecular weight excluding hydrogens is 448 g/mol. The first kappa shape index (κ1) is 29.3. The molecule has 0 unspecified atom stereocenters. The van der Waals surface area contributed by atoms with Crippen LogP contribution in [0, 0.1) is 0 Å². The van der Waals surface area contributed by atoms with Crippen molar-refractivity contribution in [3.8, 4) is 0 Å². The maximum absolute atomic E-state index is 13.0. The molecule has 0 aromatic heterocycles. The van der Waals surface area contributed by atoms with Crippen LogP contribution in [0.4, 0.5) is 0 Å². The second-order valence-electron chi connectivity index (χ2n) is 8.34. The first-order valence-corrected chi connectivity index (χ1v) is 11.7. The largest absolute Gasteiger partial charge is 0.481 e. The van der Waals surface area contributed by atoms with Crippen LogP contribution in [0.2, 0.25) is 0 Å². The van der Waals surface area contributed by atoms with E-state index in [1.165, 1.54) is 0 Å². The van der Waals surface area contributed by atoms with Crippen LogP contribution in [-0.2, 0) is 24.0 Å². The van der Waals surface area contributed by atoms with Crippen LogP contribution in [0.5, 0.6) is 0 Å². The van der Waals surface area contributed by atoms with Gasteiger partial charge in [-0.2, -0.15) is 0 Å². The molecule has 0 bridgehead atoms. The number of nitrogens with one attached hydrogen (secondary N) is 4. The predicted molar refractivity (Wildman–Crippen MR) is 123 cm³/mol. The second kappa shape index (κ2) is 16.0. The van der Waals surface area contributed by atoms with Crippen molar-refractivity contribution in [1.82, 2.24) is 21.3 Å². The summed E-state index contributed by atoms with van der Waals surface area (Å²) in [6.45, 7) is 1.51. The highest BCUT2D eigenvalue weighted by Crippen LogP contribution is 2.09. The maximum Gasteiger partial charge on any atom is 0.326 e. The Balaban J connectivity index is 2.91. The van der Waals surface area contributed by atoms with Crippen LogP contribution < -0.4 is 32.7 Å². The van der Waals surface area contributed by atoms with Gasteiger partial charge in [0.05, 0.1) is 12.5 Å². The first-order chi connectivity index (χ1) is 16.2. The van der Waals surface area contributed by atoms with E-state index in [-0.39, 0.29) is 18.4 Å². The smallest absolute Gasteiger partial charge is 0.326 e. The number of carboxylic acid groups (broad SMARTS) is 2. The minimum atomic E-state index is -1.65. The van der Waals surface area contributed by atoms with E-state index in [2.05, 4.69) is 21.3 Å². The molecule has 1 fully saturated rings. The number of carboxylic acids is 2. The highest BCUT2D eigenvalue weighted by atomic mass is 16.4. The molecule has 194 valence electrons. The van der Waals surface area contributed by atoms with E-state index in [0.717, 1.165) is 6.42 Å². The zero-order valence-corrected chi connectivity index (χ0v) is 19.4. The Bertz CT molecular complexity index is 699. The van der Waals surface area contributed by atoms with E-state index in [9.17, 15) is 29.1 Å². The minimum absolute atomic E-state index is 0.168. The average Bonchev–Trinajstić information content (AvgIpc) is 3.32. The van der Waals surface area contributed by atoms with Crippen molar-refractivity contribution in [1.29, 1.82) is 0 Å². The fourth-order valence-corrected chi connectivity index (χ4v) is 3.62. The van der Waals surface area contributed by atoms with Gasteiger partial charge in [-0.3, -0.25) is 19.2 Å². The normalized spacial score (nSPS) is 17.9. The Labute approximate surface area is 198 Å². The van der Waals surface area contributed by atoms with E-state index in [1.807, 2.05) is 0 Å². The molecule has 13 nitrogen and oxygen atoms in total. The van der Waals surface area contributed by atoms with Gasteiger partial charge >= 0.3 is 11.9 Å². The molecule has 3 amide bonds. The summed E-state index contributed by atoms with van der Waals surface area (Å²) in [5, 5.41) is 28.7. The van der Waals surface area contributed by atoms with Gasteiger partial charge in [-0.15, -0.1) is 0 Å². The van der Waals surface area contributed by atoms with Gasteiger partial charge in [0, 0.05) is 0 Å². The summed E-state index contributed by atoms with van der Waals surface area (Å²) < 4.78 is 0. The fraction of sp³-hybridized carbons (Fsp3) is 0.762. The number of hydrogen-bond donors (Lipinski definition) is 8. The van der Waals surface area contributed by atoms with Crippen LogP contribution in [0.15, 0.2) is 0 Å². The number of hydrogen-bond acceptors (Lipinski definition) is 8. The van der Waals surface area contributed by atoms with Crippen molar-refractivity contribution in [2.45, 2.75) is 82.0 Å². The molecule has 0 aliphatic carbocycles. The minimum Gasteiger partial charge on any atom is -0.481 e. The third-order valence-electron chi connectivity index (χ3n) is 5.53. The molecule has 1 heterocycles. The Morgan fingerprint density at radius 1 is 0.824 bits per heavy atom. The highest BCUT2D eigenvalue weighted by Gasteiger charge is 2.31. The summed E-state index contributed by atoms with van der Waals surface area (Å²) in [6, 6.07) is -4.05. The highest BCUT2D eigenvalue weighted by molar-refractivity contribution is 5.94. The van der Waals surface area contributed by atoms with Gasteiger partial charge in [0.15, 0.2) is 0 Å². The van der Waals surface area contributed by atoms with Crippen molar-refractivity contribution in [2.24, 2.45) is 11.5 Å². The summed E-state index contributed by atoms with van der Waals surface area (Å²) in [4.78, 5) is 60.6. The summed E-state index contributed by atoms with van der Waals surface area (Å²) in [5.41, 5.74) is 11.0. The zero-order chi connectivity index (χ0) is 25.5. The lowest BCUT2D eigenvalue weighted by Crippen LogP contribution is -2.57. The molecule has 0 aromatic carbocycles. The van der Waals surface area contributed by atoms with Crippen molar-refractivity contribution in [3.63, 3.8) is 0 Å². The van der Waals surface area contributed by atoms with E-state index < -0.39 is 48.3 Å². The Morgan fingerprint density at radius 3 is 1.79 bits per heavy atom. The molecule has 13 heteroatoms. The van der Waals surface area contributed by atoms with E-state index in [1.54, 1.807) is 0 Å². The summed E-state index contributed by atoms with van der Waals surface area (Å²) in [5.74, 6) is -4.59. The van der Waals surface area contributed by atoms with Gasteiger partial charge in [0.2, 0.25) is 17.7 Å². The number of aliphatic carboxylic acids is 2. The van der Waals surface area contributed by atoms with Gasteiger partial charge in [0.25, 0.3) is 0 Å². The third-order valence-corrected chi connectivity index (χ3v) is 5.53. The van der Waals surface area contributed by atoms with Gasteiger partial charge in [-0.05, 0) is 71.0 Å². The van der Waals surface area contributed by atoms with E-state index in [0.29, 0.717) is 58.2 Å². The molecule has 0 radical (unpaired) electrons. The Kier molecular flexibility index (Phi) is 13.7. The molecule has 4 atom stereocenters. The third kappa shape index (κ3) is 10.9. The van der Waals surface area contributed by atoms with Crippen LogP contribution in [0.25, 0.3) is 0 Å². The van der Waals surface area contributed by atoms with Crippen molar-refractivity contribution in [2.75, 3.05) is 19.6 Å². The Hall–Kier alpha value is -2.77. The van der Waals surface area contributed by atoms with Crippen molar-refractivity contribution in [3.05, 3.63) is 0 Å². The molecule has 10 N–H and O–H groups in total. The van der Waals surface area contributed by atoms with Crippen molar-refractivity contribution >= 4 is 29.7 Å². The summed E-state index contributed by atoms with van der Waals surface area (Å²) in [7, 11) is 0. The molecule has 1 rings (SSSR count). The monoisotopic (exact) mass is 486 g/mol. The SMILES string of the molecule is NCCCC[C@H](NC(=O)[C@H](CCCCN)NC(=O)[C@@H]1CCCN1)C(=O)N[C@@H](CC(=O)O)C(=O)O. The lowest BCUT2D eigenvalue weighted by Gasteiger charge is -2.25. The maximum atomic E-state index is 13.0. The number of nitrogens with two attached hydrogens (primary N) is 2. The second-order valence-corrected chi connectivity index (χ2v) is 8.34. The van der Waals surface area contributed by atoms with E-state index >= 15 is 0 Å². The number of carbonyl (C=O) groups excluding carboxylic acids is 3. The Morgan fingerprint density at radius 2 is 1.35 bits per heavy atom. The lowest BCUT2D eigenvalue weighted by atomic mass is 10.0. The standard InChI is InChI=1S/C21H38N6O7/c22-9-3-1-6-14(25-18(30)13-8-5-11-24-13)19(31)26-15(7-2-4-10-23)20(32)27-16(21(33)34)12-17(28)29/h13-16,24H,1-12,22-23H2,(H,25,30)(H,26,31)(H,27,32)(H,28,29)(H,33,34)/t13-,14-,15-,16-/m0/s1. The predicted octanol–water partition coefficient (Wildman–Crippen LogP) is -1.99.